The second-order valence-corrected chi connectivity index (χ2v) is 11.7. The van der Waals surface area contributed by atoms with Crippen molar-refractivity contribution in [3.8, 4) is 0 Å². The fourth-order valence-electron chi connectivity index (χ4n) is 4.66. The number of carbonyl (C=O) groups is 2. The van der Waals surface area contributed by atoms with Gasteiger partial charge in [-0.05, 0) is 49.1 Å². The Morgan fingerprint density at radius 3 is 2.29 bits per heavy atom. The first-order valence-corrected chi connectivity index (χ1v) is 13.3. The quantitative estimate of drug-likeness (QED) is 0.603. The third-order valence-corrected chi connectivity index (χ3v) is 7.80. The number of aliphatic hydroxyl groups excluding tert-OH is 1. The summed E-state index contributed by atoms with van der Waals surface area (Å²) in [5, 5.41) is 10.8. The van der Waals surface area contributed by atoms with E-state index in [1.54, 1.807) is 26.0 Å². The minimum atomic E-state index is -3.33. The van der Waals surface area contributed by atoms with Crippen LogP contribution in [-0.2, 0) is 34.1 Å². The van der Waals surface area contributed by atoms with Crippen molar-refractivity contribution in [2.45, 2.75) is 49.9 Å². The van der Waals surface area contributed by atoms with E-state index in [1.165, 1.54) is 33.1 Å². The number of fused-ring (bicyclic) bond motifs is 1. The van der Waals surface area contributed by atoms with Crippen molar-refractivity contribution >= 4 is 21.8 Å². The van der Waals surface area contributed by atoms with E-state index in [1.807, 2.05) is 12.1 Å². The van der Waals surface area contributed by atoms with Gasteiger partial charge >= 0.3 is 6.03 Å². The molecule has 0 radical (unpaired) electrons. The Balaban J connectivity index is 1.41. The van der Waals surface area contributed by atoms with Gasteiger partial charge in [-0.2, -0.15) is 0 Å². The van der Waals surface area contributed by atoms with E-state index < -0.39 is 27.5 Å². The number of aliphatic hydroxyl groups is 1. The molecule has 1 unspecified atom stereocenters. The Kier molecular flexibility index (Phi) is 6.54. The molecule has 8 nitrogen and oxygen atoms in total. The van der Waals surface area contributed by atoms with Crippen LogP contribution in [0.15, 0.2) is 53.4 Å². The van der Waals surface area contributed by atoms with Gasteiger partial charge in [0.25, 0.3) is 5.91 Å². The Labute approximate surface area is 200 Å². The van der Waals surface area contributed by atoms with Crippen LogP contribution >= 0.6 is 0 Å². The summed E-state index contributed by atoms with van der Waals surface area (Å²) < 4.78 is 23.3. The molecule has 1 N–H and O–H groups in total. The zero-order valence-electron chi connectivity index (χ0n) is 19.8. The predicted molar refractivity (Wildman–Crippen MR) is 128 cm³/mol. The third kappa shape index (κ3) is 4.87. The molecule has 1 fully saturated rings. The number of sulfone groups is 1. The highest BCUT2D eigenvalue weighted by Gasteiger charge is 2.51. The number of nitrogens with zero attached hydrogens (tertiary/aromatic N) is 3. The number of carbonyl (C=O) groups excluding carboxylic acids is 2. The fourth-order valence-corrected chi connectivity index (χ4v) is 5.29. The van der Waals surface area contributed by atoms with Crippen molar-refractivity contribution in [2.75, 3.05) is 25.9 Å². The SMILES string of the molecule is CC1(C)C(=O)N(Cc2ccc(S(C)(=O)=O)cc2)C(=O)N1CC(O)CN1CCc2ccccc2C1. The Morgan fingerprint density at radius 2 is 1.65 bits per heavy atom. The van der Waals surface area contributed by atoms with Crippen LogP contribution in [0.3, 0.4) is 0 Å². The molecule has 182 valence electrons. The van der Waals surface area contributed by atoms with E-state index in [0.717, 1.165) is 25.8 Å². The van der Waals surface area contributed by atoms with Crippen LogP contribution in [0, 0.1) is 0 Å². The van der Waals surface area contributed by atoms with E-state index in [2.05, 4.69) is 17.0 Å². The van der Waals surface area contributed by atoms with Gasteiger partial charge in [0, 0.05) is 25.9 Å². The summed E-state index contributed by atoms with van der Waals surface area (Å²) in [6.45, 7) is 5.46. The maximum Gasteiger partial charge on any atom is 0.328 e. The number of β-amino-alcohol motifs (C(OH)–C–C–N with tert-alkyl or cyclic N) is 1. The lowest BCUT2D eigenvalue weighted by Crippen LogP contribution is -2.50. The molecule has 9 heteroatoms. The zero-order chi connectivity index (χ0) is 24.7. The summed E-state index contributed by atoms with van der Waals surface area (Å²) >= 11 is 0. The van der Waals surface area contributed by atoms with Crippen LogP contribution in [0.4, 0.5) is 4.79 Å². The molecule has 0 aliphatic carbocycles. The average Bonchev–Trinajstić information content (AvgIpc) is 2.93. The maximum atomic E-state index is 13.2. The van der Waals surface area contributed by atoms with Crippen LogP contribution < -0.4 is 0 Å². The highest BCUT2D eigenvalue weighted by atomic mass is 32.2. The van der Waals surface area contributed by atoms with Gasteiger partial charge in [-0.1, -0.05) is 36.4 Å². The second kappa shape index (κ2) is 9.13. The molecule has 34 heavy (non-hydrogen) atoms. The number of urea groups is 1. The van der Waals surface area contributed by atoms with Gasteiger partial charge in [0.15, 0.2) is 9.84 Å². The normalized spacial score (nSPS) is 19.4. The van der Waals surface area contributed by atoms with Crippen molar-refractivity contribution in [2.24, 2.45) is 0 Å². The van der Waals surface area contributed by atoms with E-state index in [4.69, 9.17) is 0 Å². The number of amides is 3. The second-order valence-electron chi connectivity index (χ2n) is 9.67. The molecule has 0 saturated carbocycles. The minimum Gasteiger partial charge on any atom is -0.390 e. The first kappa shape index (κ1) is 24.4. The molecule has 2 heterocycles. The van der Waals surface area contributed by atoms with Gasteiger partial charge < -0.3 is 10.0 Å². The summed E-state index contributed by atoms with van der Waals surface area (Å²) in [5.41, 5.74) is 2.15. The third-order valence-electron chi connectivity index (χ3n) is 6.67. The van der Waals surface area contributed by atoms with Gasteiger partial charge in [0.1, 0.15) is 5.54 Å². The predicted octanol–water partition coefficient (Wildman–Crippen LogP) is 2.05. The largest absolute Gasteiger partial charge is 0.390 e. The van der Waals surface area contributed by atoms with Crippen LogP contribution in [0.1, 0.15) is 30.5 Å². The van der Waals surface area contributed by atoms with Crippen molar-refractivity contribution in [3.63, 3.8) is 0 Å². The lowest BCUT2D eigenvalue weighted by atomic mass is 9.99. The lowest BCUT2D eigenvalue weighted by molar-refractivity contribution is -0.132. The number of imide groups is 1. The minimum absolute atomic E-state index is 0.0423. The molecule has 2 aromatic carbocycles. The van der Waals surface area contributed by atoms with Gasteiger partial charge in [-0.15, -0.1) is 0 Å². The van der Waals surface area contributed by atoms with Gasteiger partial charge in [-0.25, -0.2) is 13.2 Å². The van der Waals surface area contributed by atoms with E-state index in [9.17, 15) is 23.1 Å². The number of benzene rings is 2. The molecule has 2 aliphatic heterocycles. The highest BCUT2D eigenvalue weighted by molar-refractivity contribution is 7.90. The summed E-state index contributed by atoms with van der Waals surface area (Å²) in [6, 6.07) is 14.0. The van der Waals surface area contributed by atoms with E-state index in [0.29, 0.717) is 12.1 Å². The van der Waals surface area contributed by atoms with Crippen LogP contribution in [0.25, 0.3) is 0 Å². The van der Waals surface area contributed by atoms with Crippen molar-refractivity contribution in [1.29, 1.82) is 0 Å². The Morgan fingerprint density at radius 1 is 1.00 bits per heavy atom. The number of hydrogen-bond donors (Lipinski definition) is 1. The molecule has 2 aliphatic rings. The smallest absolute Gasteiger partial charge is 0.328 e. The molecule has 1 atom stereocenters. The van der Waals surface area contributed by atoms with Gasteiger partial charge in [-0.3, -0.25) is 14.6 Å². The van der Waals surface area contributed by atoms with Crippen LogP contribution in [0.5, 0.6) is 0 Å². The number of rotatable bonds is 7. The summed E-state index contributed by atoms with van der Waals surface area (Å²) in [6.07, 6.45) is 1.25. The molecular formula is C25H31N3O5S. The molecule has 2 aromatic rings. The summed E-state index contributed by atoms with van der Waals surface area (Å²) in [5.74, 6) is -0.344. The van der Waals surface area contributed by atoms with E-state index >= 15 is 0 Å². The van der Waals surface area contributed by atoms with E-state index in [-0.39, 0.29) is 23.9 Å². The van der Waals surface area contributed by atoms with Crippen LogP contribution in [0.2, 0.25) is 0 Å². The van der Waals surface area contributed by atoms with Crippen molar-refractivity contribution < 1.29 is 23.1 Å². The summed E-state index contributed by atoms with van der Waals surface area (Å²) in [4.78, 5) is 31.2. The average molecular weight is 486 g/mol. The standard InChI is InChI=1S/C25H31N3O5S/c1-25(2)23(30)27(14-18-8-10-22(11-9-18)34(3,32)33)24(31)28(25)17-21(29)16-26-13-12-19-6-4-5-7-20(19)15-26/h4-11,21,29H,12-17H2,1-3H3. The maximum absolute atomic E-state index is 13.2. The van der Waals surface area contributed by atoms with Gasteiger partial charge in [0.2, 0.25) is 0 Å². The lowest BCUT2D eigenvalue weighted by Gasteiger charge is -2.33. The fraction of sp³-hybridized carbons (Fsp3) is 0.440. The topological polar surface area (TPSA) is 98.2 Å². The molecule has 0 aromatic heterocycles. The molecule has 4 rings (SSSR count). The number of hydrogen-bond acceptors (Lipinski definition) is 6. The first-order chi connectivity index (χ1) is 16.0. The molecule has 0 bridgehead atoms. The molecule has 3 amide bonds. The molecular weight excluding hydrogens is 454 g/mol. The highest BCUT2D eigenvalue weighted by Crippen LogP contribution is 2.30. The first-order valence-electron chi connectivity index (χ1n) is 11.4. The Bertz CT molecular complexity index is 1190. The van der Waals surface area contributed by atoms with Crippen LogP contribution in [-0.4, -0.2) is 77.7 Å². The zero-order valence-corrected chi connectivity index (χ0v) is 20.6. The van der Waals surface area contributed by atoms with Gasteiger partial charge in [0.05, 0.1) is 24.1 Å². The Hall–Kier alpha value is -2.75. The van der Waals surface area contributed by atoms with Crippen molar-refractivity contribution in [1.82, 2.24) is 14.7 Å². The summed E-state index contributed by atoms with van der Waals surface area (Å²) in [7, 11) is -3.33. The molecule has 0 spiro atoms. The monoisotopic (exact) mass is 485 g/mol. The molecule has 1 saturated heterocycles. The van der Waals surface area contributed by atoms with Crippen molar-refractivity contribution in [3.05, 3.63) is 65.2 Å².